The minimum absolute atomic E-state index is 0.469. The van der Waals surface area contributed by atoms with Crippen LogP contribution in [0.25, 0.3) is 0 Å². The van der Waals surface area contributed by atoms with Gasteiger partial charge in [-0.2, -0.15) is 0 Å². The topological polar surface area (TPSA) is 24.5 Å². The average Bonchev–Trinajstić information content (AvgIpc) is 2.68. The Morgan fingerprint density at radius 1 is 1.06 bits per heavy atom. The average molecular weight is 254 g/mol. The molecule has 1 aliphatic heterocycles. The summed E-state index contributed by atoms with van der Waals surface area (Å²) in [4.78, 5) is 2.56. The van der Waals surface area contributed by atoms with Crippen molar-refractivity contribution in [2.45, 2.75) is 63.5 Å². The summed E-state index contributed by atoms with van der Waals surface area (Å²) >= 11 is 0. The fourth-order valence-corrected chi connectivity index (χ4v) is 3.32. The zero-order valence-corrected chi connectivity index (χ0v) is 12.0. The summed E-state index contributed by atoms with van der Waals surface area (Å²) in [5, 5.41) is 3.76. The lowest BCUT2D eigenvalue weighted by Gasteiger charge is -2.32. The van der Waals surface area contributed by atoms with Gasteiger partial charge in [0.05, 0.1) is 6.10 Å². The van der Waals surface area contributed by atoms with Gasteiger partial charge in [0.2, 0.25) is 0 Å². The maximum atomic E-state index is 5.47. The van der Waals surface area contributed by atoms with Crippen molar-refractivity contribution in [3.05, 3.63) is 0 Å². The third kappa shape index (κ3) is 4.87. The molecule has 0 spiro atoms. The molecule has 1 aliphatic carbocycles. The number of rotatable bonds is 5. The van der Waals surface area contributed by atoms with E-state index in [9.17, 15) is 0 Å². The third-order valence-electron chi connectivity index (χ3n) is 4.51. The lowest BCUT2D eigenvalue weighted by atomic mass is 10.1. The minimum Gasteiger partial charge on any atom is -0.380 e. The number of nitrogens with zero attached hydrogens (tertiary/aromatic N) is 1. The van der Waals surface area contributed by atoms with Crippen LogP contribution in [0.3, 0.4) is 0 Å². The predicted octanol–water partition coefficient (Wildman–Crippen LogP) is 2.41. The largest absolute Gasteiger partial charge is 0.380 e. The van der Waals surface area contributed by atoms with Crippen molar-refractivity contribution >= 4 is 0 Å². The molecule has 18 heavy (non-hydrogen) atoms. The number of ether oxygens (including phenoxy) is 1. The smallest absolute Gasteiger partial charge is 0.0698 e. The SMILES string of the molecule is COC1CCCN(CCNC2CCCCCC2)C1. The molecule has 1 atom stereocenters. The highest BCUT2D eigenvalue weighted by Gasteiger charge is 2.19. The molecule has 1 heterocycles. The first kappa shape index (κ1) is 14.3. The highest BCUT2D eigenvalue weighted by Crippen LogP contribution is 2.17. The molecule has 0 aromatic rings. The van der Waals surface area contributed by atoms with Gasteiger partial charge in [-0.05, 0) is 32.2 Å². The van der Waals surface area contributed by atoms with Crippen LogP contribution in [0.1, 0.15) is 51.4 Å². The zero-order valence-electron chi connectivity index (χ0n) is 12.0. The lowest BCUT2D eigenvalue weighted by Crippen LogP contribution is -2.43. The van der Waals surface area contributed by atoms with Crippen molar-refractivity contribution in [3.63, 3.8) is 0 Å². The van der Waals surface area contributed by atoms with E-state index < -0.39 is 0 Å². The first-order chi connectivity index (χ1) is 8.88. The number of hydrogen-bond donors (Lipinski definition) is 1. The molecule has 1 saturated heterocycles. The Hall–Kier alpha value is -0.120. The van der Waals surface area contributed by atoms with Crippen molar-refractivity contribution < 1.29 is 4.74 Å². The van der Waals surface area contributed by atoms with Crippen LogP contribution in [-0.4, -0.2) is 50.3 Å². The maximum absolute atomic E-state index is 5.47. The maximum Gasteiger partial charge on any atom is 0.0698 e. The van der Waals surface area contributed by atoms with Crippen LogP contribution in [0, 0.1) is 0 Å². The van der Waals surface area contributed by atoms with Crippen LogP contribution in [0.2, 0.25) is 0 Å². The summed E-state index contributed by atoms with van der Waals surface area (Å²) in [6.45, 7) is 4.73. The van der Waals surface area contributed by atoms with E-state index >= 15 is 0 Å². The number of methoxy groups -OCH3 is 1. The molecule has 2 aliphatic rings. The molecule has 2 fully saturated rings. The summed E-state index contributed by atoms with van der Waals surface area (Å²) in [5.74, 6) is 0. The van der Waals surface area contributed by atoms with Crippen molar-refractivity contribution in [1.82, 2.24) is 10.2 Å². The molecule has 1 unspecified atom stereocenters. The Morgan fingerprint density at radius 2 is 1.83 bits per heavy atom. The van der Waals surface area contributed by atoms with E-state index in [0.717, 1.165) is 19.1 Å². The van der Waals surface area contributed by atoms with Gasteiger partial charge in [0, 0.05) is 32.8 Å². The molecule has 0 bridgehead atoms. The Morgan fingerprint density at radius 3 is 2.56 bits per heavy atom. The Balaban J connectivity index is 1.59. The Bertz CT molecular complexity index is 215. The van der Waals surface area contributed by atoms with Crippen molar-refractivity contribution in [2.24, 2.45) is 0 Å². The number of hydrogen-bond acceptors (Lipinski definition) is 3. The quantitative estimate of drug-likeness (QED) is 0.763. The standard InChI is InChI=1S/C15H30N2O/c1-18-15-9-6-11-17(13-15)12-10-16-14-7-4-2-3-5-8-14/h14-16H,2-13H2,1H3. The van der Waals surface area contributed by atoms with Gasteiger partial charge in [0.15, 0.2) is 0 Å². The molecule has 0 amide bonds. The molecular formula is C15H30N2O. The zero-order chi connectivity index (χ0) is 12.6. The van der Waals surface area contributed by atoms with Crippen LogP contribution in [0.15, 0.2) is 0 Å². The number of likely N-dealkylation sites (tertiary alicyclic amines) is 1. The summed E-state index contributed by atoms with van der Waals surface area (Å²) in [5.41, 5.74) is 0. The molecule has 1 saturated carbocycles. The van der Waals surface area contributed by atoms with Gasteiger partial charge in [-0.1, -0.05) is 25.7 Å². The van der Waals surface area contributed by atoms with Crippen molar-refractivity contribution in [3.8, 4) is 0 Å². The van der Waals surface area contributed by atoms with Crippen LogP contribution < -0.4 is 5.32 Å². The Labute approximate surface area is 112 Å². The van der Waals surface area contributed by atoms with Crippen molar-refractivity contribution in [2.75, 3.05) is 33.3 Å². The third-order valence-corrected chi connectivity index (χ3v) is 4.51. The predicted molar refractivity (Wildman–Crippen MR) is 76.0 cm³/mol. The van der Waals surface area contributed by atoms with Crippen LogP contribution in [0.5, 0.6) is 0 Å². The molecular weight excluding hydrogens is 224 g/mol. The molecule has 0 aromatic carbocycles. The molecule has 3 nitrogen and oxygen atoms in total. The van der Waals surface area contributed by atoms with Crippen LogP contribution in [0.4, 0.5) is 0 Å². The normalized spacial score (nSPS) is 28.2. The number of nitrogens with one attached hydrogen (secondary N) is 1. The lowest BCUT2D eigenvalue weighted by molar-refractivity contribution is 0.0316. The van der Waals surface area contributed by atoms with E-state index in [0.29, 0.717) is 6.10 Å². The fraction of sp³-hybridized carbons (Fsp3) is 1.00. The van der Waals surface area contributed by atoms with Crippen LogP contribution in [-0.2, 0) is 4.74 Å². The monoisotopic (exact) mass is 254 g/mol. The van der Waals surface area contributed by atoms with E-state index in [4.69, 9.17) is 4.74 Å². The second-order valence-electron chi connectivity index (χ2n) is 5.94. The highest BCUT2D eigenvalue weighted by atomic mass is 16.5. The molecule has 3 heteroatoms. The van der Waals surface area contributed by atoms with E-state index in [-0.39, 0.29) is 0 Å². The van der Waals surface area contributed by atoms with E-state index in [1.807, 2.05) is 7.11 Å². The van der Waals surface area contributed by atoms with Gasteiger partial charge >= 0.3 is 0 Å². The summed E-state index contributed by atoms with van der Waals surface area (Å²) in [6.07, 6.45) is 11.5. The molecule has 106 valence electrons. The van der Waals surface area contributed by atoms with Gasteiger partial charge in [-0.25, -0.2) is 0 Å². The Kier molecular flexibility index (Phi) is 6.46. The highest BCUT2D eigenvalue weighted by molar-refractivity contribution is 4.75. The minimum atomic E-state index is 0.469. The molecule has 2 rings (SSSR count). The second-order valence-corrected chi connectivity index (χ2v) is 5.94. The first-order valence-electron chi connectivity index (χ1n) is 7.87. The van der Waals surface area contributed by atoms with Gasteiger partial charge in [0.25, 0.3) is 0 Å². The fourth-order valence-electron chi connectivity index (χ4n) is 3.32. The summed E-state index contributed by atoms with van der Waals surface area (Å²) < 4.78 is 5.47. The van der Waals surface area contributed by atoms with Gasteiger partial charge in [-0.3, -0.25) is 4.90 Å². The molecule has 1 N–H and O–H groups in total. The van der Waals surface area contributed by atoms with E-state index in [1.54, 1.807) is 0 Å². The van der Waals surface area contributed by atoms with Gasteiger partial charge < -0.3 is 10.1 Å². The molecule has 0 radical (unpaired) electrons. The van der Waals surface area contributed by atoms with Gasteiger partial charge in [-0.15, -0.1) is 0 Å². The number of piperidine rings is 1. The van der Waals surface area contributed by atoms with Gasteiger partial charge in [0.1, 0.15) is 0 Å². The second kappa shape index (κ2) is 8.13. The summed E-state index contributed by atoms with van der Waals surface area (Å²) in [6, 6.07) is 0.788. The van der Waals surface area contributed by atoms with Crippen molar-refractivity contribution in [1.29, 1.82) is 0 Å². The summed E-state index contributed by atoms with van der Waals surface area (Å²) in [7, 11) is 1.85. The molecule has 0 aromatic heterocycles. The van der Waals surface area contributed by atoms with E-state index in [2.05, 4.69) is 10.2 Å². The van der Waals surface area contributed by atoms with Crippen LogP contribution >= 0.6 is 0 Å². The van der Waals surface area contributed by atoms with E-state index in [1.165, 1.54) is 64.5 Å². The first-order valence-corrected chi connectivity index (χ1v) is 7.87.